The summed E-state index contributed by atoms with van der Waals surface area (Å²) in [6, 6.07) is 16.0. The van der Waals surface area contributed by atoms with Crippen LogP contribution in [0.4, 0.5) is 18.0 Å². The van der Waals surface area contributed by atoms with Crippen molar-refractivity contribution in [2.45, 2.75) is 19.8 Å². The van der Waals surface area contributed by atoms with E-state index in [1.807, 2.05) is 31.2 Å². The highest BCUT2D eigenvalue weighted by Gasteiger charge is 2.35. The number of halogens is 3. The summed E-state index contributed by atoms with van der Waals surface area (Å²) in [4.78, 5) is 26.5. The van der Waals surface area contributed by atoms with Crippen molar-refractivity contribution in [2.75, 3.05) is 0 Å². The molecule has 164 valence electrons. The van der Waals surface area contributed by atoms with Crippen molar-refractivity contribution in [3.63, 3.8) is 0 Å². The molecule has 0 saturated carbocycles. The number of thioether (sulfide) groups is 1. The molecule has 0 unspecified atom stereocenters. The van der Waals surface area contributed by atoms with Crippen LogP contribution in [0.1, 0.15) is 16.9 Å². The van der Waals surface area contributed by atoms with Gasteiger partial charge in [-0.25, -0.2) is 0 Å². The predicted molar refractivity (Wildman–Crippen MR) is 114 cm³/mol. The van der Waals surface area contributed by atoms with E-state index in [1.165, 1.54) is 35.2 Å². The number of furan rings is 1. The fourth-order valence-corrected chi connectivity index (χ4v) is 3.95. The highest BCUT2D eigenvalue weighted by atomic mass is 32.2. The number of amides is 2. The SMILES string of the molecule is Cc1ccccc1CN1C(=O)S/C(=C\c2ccc(-c3ccc(OC(F)(F)F)cc3)o2)C1=O. The minimum Gasteiger partial charge on any atom is -0.457 e. The molecule has 1 aliphatic heterocycles. The van der Waals surface area contributed by atoms with Crippen LogP contribution in [-0.4, -0.2) is 22.4 Å². The fraction of sp³-hybridized carbons (Fsp3) is 0.130. The number of aryl methyl sites for hydroxylation is 1. The predicted octanol–water partition coefficient (Wildman–Crippen LogP) is 6.39. The van der Waals surface area contributed by atoms with Crippen molar-refractivity contribution in [1.29, 1.82) is 0 Å². The van der Waals surface area contributed by atoms with E-state index in [2.05, 4.69) is 4.74 Å². The topological polar surface area (TPSA) is 59.8 Å². The van der Waals surface area contributed by atoms with Gasteiger partial charge in [0.2, 0.25) is 0 Å². The number of benzene rings is 2. The molecular weight excluding hydrogens is 443 g/mol. The van der Waals surface area contributed by atoms with E-state index in [0.717, 1.165) is 22.9 Å². The standard InChI is InChI=1S/C23H16F3NO4S/c1-14-4-2-3-5-16(14)13-27-21(28)20(32-22(27)29)12-18-10-11-19(30-18)15-6-8-17(9-7-15)31-23(24,25)26/h2-12H,13H2,1H3/b20-12-. The second kappa shape index (κ2) is 8.58. The van der Waals surface area contributed by atoms with Gasteiger partial charge in [-0.2, -0.15) is 0 Å². The van der Waals surface area contributed by atoms with Crippen LogP contribution in [0.5, 0.6) is 5.75 Å². The molecule has 0 spiro atoms. The smallest absolute Gasteiger partial charge is 0.457 e. The number of rotatable bonds is 5. The summed E-state index contributed by atoms with van der Waals surface area (Å²) in [6.07, 6.45) is -3.28. The van der Waals surface area contributed by atoms with E-state index < -0.39 is 12.3 Å². The summed E-state index contributed by atoms with van der Waals surface area (Å²) in [7, 11) is 0. The maximum absolute atomic E-state index is 12.7. The highest BCUT2D eigenvalue weighted by molar-refractivity contribution is 8.18. The summed E-state index contributed by atoms with van der Waals surface area (Å²) < 4.78 is 46.4. The Morgan fingerprint density at radius 3 is 2.44 bits per heavy atom. The third-order valence-corrected chi connectivity index (χ3v) is 5.64. The molecule has 5 nitrogen and oxygen atoms in total. The Kier molecular flexibility index (Phi) is 5.84. The molecule has 1 saturated heterocycles. The van der Waals surface area contributed by atoms with E-state index in [-0.39, 0.29) is 22.4 Å². The number of hydrogen-bond donors (Lipinski definition) is 0. The van der Waals surface area contributed by atoms with Crippen LogP contribution in [-0.2, 0) is 11.3 Å². The normalized spacial score (nSPS) is 15.6. The van der Waals surface area contributed by atoms with Gasteiger partial charge in [-0.05, 0) is 66.2 Å². The molecule has 3 aromatic rings. The van der Waals surface area contributed by atoms with E-state index in [1.54, 1.807) is 12.1 Å². The van der Waals surface area contributed by atoms with E-state index in [4.69, 9.17) is 4.42 Å². The van der Waals surface area contributed by atoms with Crippen LogP contribution in [0.25, 0.3) is 17.4 Å². The average molecular weight is 459 g/mol. The molecule has 1 aliphatic rings. The number of carbonyl (C=O) groups is 2. The van der Waals surface area contributed by atoms with Gasteiger partial charge in [0.25, 0.3) is 11.1 Å². The number of ether oxygens (including phenoxy) is 1. The Morgan fingerprint density at radius 1 is 1.03 bits per heavy atom. The number of nitrogens with zero attached hydrogens (tertiary/aromatic N) is 1. The van der Waals surface area contributed by atoms with Gasteiger partial charge < -0.3 is 9.15 Å². The Morgan fingerprint density at radius 2 is 1.75 bits per heavy atom. The van der Waals surface area contributed by atoms with Crippen molar-refractivity contribution < 1.29 is 31.9 Å². The summed E-state index contributed by atoms with van der Waals surface area (Å²) >= 11 is 0.829. The Labute approximate surface area is 185 Å². The molecule has 0 aliphatic carbocycles. The van der Waals surface area contributed by atoms with Gasteiger partial charge in [-0.15, -0.1) is 13.2 Å². The zero-order chi connectivity index (χ0) is 22.9. The average Bonchev–Trinajstić information content (AvgIpc) is 3.29. The Bertz CT molecular complexity index is 1200. The van der Waals surface area contributed by atoms with Crippen LogP contribution in [0.3, 0.4) is 0 Å². The van der Waals surface area contributed by atoms with Crippen molar-refractivity contribution in [1.82, 2.24) is 4.90 Å². The van der Waals surface area contributed by atoms with Crippen molar-refractivity contribution in [3.8, 4) is 17.1 Å². The number of carbonyl (C=O) groups excluding carboxylic acids is 2. The van der Waals surface area contributed by atoms with Crippen molar-refractivity contribution in [2.24, 2.45) is 0 Å². The first-order chi connectivity index (χ1) is 15.2. The van der Waals surface area contributed by atoms with Gasteiger partial charge in [0.1, 0.15) is 17.3 Å². The largest absolute Gasteiger partial charge is 0.573 e. The molecule has 2 aromatic carbocycles. The molecule has 2 amide bonds. The summed E-state index contributed by atoms with van der Waals surface area (Å²) in [5.74, 6) is -0.00355. The third-order valence-electron chi connectivity index (χ3n) is 4.74. The lowest BCUT2D eigenvalue weighted by atomic mass is 10.1. The second-order valence-corrected chi connectivity index (χ2v) is 7.96. The summed E-state index contributed by atoms with van der Waals surface area (Å²) in [5, 5.41) is -0.364. The lowest BCUT2D eigenvalue weighted by Crippen LogP contribution is -2.27. The van der Waals surface area contributed by atoms with E-state index >= 15 is 0 Å². The van der Waals surface area contributed by atoms with Crippen LogP contribution >= 0.6 is 11.8 Å². The van der Waals surface area contributed by atoms with Gasteiger partial charge >= 0.3 is 6.36 Å². The monoisotopic (exact) mass is 459 g/mol. The van der Waals surface area contributed by atoms with Crippen molar-refractivity contribution in [3.05, 3.63) is 82.5 Å². The molecule has 0 bridgehead atoms. The molecule has 0 atom stereocenters. The third kappa shape index (κ3) is 4.88. The minimum absolute atomic E-state index is 0.185. The van der Waals surface area contributed by atoms with Gasteiger partial charge in [-0.1, -0.05) is 24.3 Å². The molecular formula is C23H16F3NO4S. The van der Waals surface area contributed by atoms with Crippen LogP contribution in [0, 0.1) is 6.92 Å². The van der Waals surface area contributed by atoms with E-state index in [0.29, 0.717) is 17.1 Å². The summed E-state index contributed by atoms with van der Waals surface area (Å²) in [5.41, 5.74) is 2.40. The molecule has 32 heavy (non-hydrogen) atoms. The second-order valence-electron chi connectivity index (χ2n) is 6.97. The molecule has 0 radical (unpaired) electrons. The first kappa shape index (κ1) is 21.8. The van der Waals surface area contributed by atoms with Crippen molar-refractivity contribution >= 4 is 29.0 Å². The van der Waals surface area contributed by atoms with Gasteiger partial charge in [0, 0.05) is 11.6 Å². The molecule has 1 fully saturated rings. The van der Waals surface area contributed by atoms with Gasteiger partial charge in [-0.3, -0.25) is 14.5 Å². The quantitative estimate of drug-likeness (QED) is 0.414. The lowest BCUT2D eigenvalue weighted by Gasteiger charge is -2.14. The number of alkyl halides is 3. The Balaban J connectivity index is 1.49. The zero-order valence-electron chi connectivity index (χ0n) is 16.7. The Hall–Kier alpha value is -3.46. The first-order valence-electron chi connectivity index (χ1n) is 9.45. The molecule has 1 aromatic heterocycles. The van der Waals surface area contributed by atoms with E-state index in [9.17, 15) is 22.8 Å². The maximum atomic E-state index is 12.7. The molecule has 4 rings (SSSR count). The highest BCUT2D eigenvalue weighted by Crippen LogP contribution is 2.35. The number of imide groups is 1. The summed E-state index contributed by atoms with van der Waals surface area (Å²) in [6.45, 7) is 2.10. The first-order valence-corrected chi connectivity index (χ1v) is 10.3. The number of hydrogen-bond acceptors (Lipinski definition) is 5. The molecule has 9 heteroatoms. The van der Waals surface area contributed by atoms with Crippen LogP contribution in [0.2, 0.25) is 0 Å². The van der Waals surface area contributed by atoms with Crippen LogP contribution < -0.4 is 4.74 Å². The fourth-order valence-electron chi connectivity index (χ4n) is 3.13. The maximum Gasteiger partial charge on any atom is 0.573 e. The van der Waals surface area contributed by atoms with Crippen LogP contribution in [0.15, 0.2) is 70.0 Å². The zero-order valence-corrected chi connectivity index (χ0v) is 17.5. The lowest BCUT2D eigenvalue weighted by molar-refractivity contribution is -0.274. The minimum atomic E-state index is -4.76. The molecule has 2 heterocycles. The van der Waals surface area contributed by atoms with Gasteiger partial charge in [0.05, 0.1) is 11.4 Å². The molecule has 0 N–H and O–H groups in total. The van der Waals surface area contributed by atoms with Gasteiger partial charge in [0.15, 0.2) is 0 Å².